The number of para-hydroxylation sites is 1. The summed E-state index contributed by atoms with van der Waals surface area (Å²) in [6, 6.07) is 16.1. The lowest BCUT2D eigenvalue weighted by Gasteiger charge is -2.25. The van der Waals surface area contributed by atoms with Gasteiger partial charge in [-0.25, -0.2) is 0 Å². The van der Waals surface area contributed by atoms with Crippen LogP contribution in [-0.2, 0) is 11.3 Å². The second kappa shape index (κ2) is 7.15. The van der Waals surface area contributed by atoms with E-state index in [4.69, 9.17) is 0 Å². The Morgan fingerprint density at radius 1 is 0.923 bits per heavy atom. The van der Waals surface area contributed by atoms with Gasteiger partial charge in [0.15, 0.2) is 0 Å². The summed E-state index contributed by atoms with van der Waals surface area (Å²) in [5.74, 6) is 0.0805. The van der Waals surface area contributed by atoms with Crippen LogP contribution in [0.15, 0.2) is 48.5 Å². The standard InChI is InChI=1S/C20H23N5O/c1-16-7-2-5-10-19(16)23-11-6-12-24(14-13-23)20(26)15-25-21-17-8-3-4-9-18(17)22-25/h2-5,7-10H,6,11-15H2,1H3. The zero-order valence-corrected chi connectivity index (χ0v) is 15.0. The van der Waals surface area contributed by atoms with Crippen molar-refractivity contribution in [2.75, 3.05) is 31.1 Å². The highest BCUT2D eigenvalue weighted by molar-refractivity contribution is 5.77. The first-order valence-corrected chi connectivity index (χ1v) is 9.09. The molecule has 6 heteroatoms. The van der Waals surface area contributed by atoms with Crippen molar-refractivity contribution in [1.29, 1.82) is 0 Å². The molecule has 6 nitrogen and oxygen atoms in total. The Bertz CT molecular complexity index is 886. The van der Waals surface area contributed by atoms with Gasteiger partial charge >= 0.3 is 0 Å². The van der Waals surface area contributed by atoms with Crippen LogP contribution in [0.5, 0.6) is 0 Å². The van der Waals surface area contributed by atoms with Crippen LogP contribution >= 0.6 is 0 Å². The fourth-order valence-corrected chi connectivity index (χ4v) is 3.52. The number of hydrogen-bond donors (Lipinski definition) is 0. The number of aryl methyl sites for hydroxylation is 1. The van der Waals surface area contributed by atoms with E-state index in [0.717, 1.165) is 43.6 Å². The number of benzene rings is 2. The lowest BCUT2D eigenvalue weighted by Crippen LogP contribution is -2.37. The number of nitrogens with zero attached hydrogens (tertiary/aromatic N) is 5. The number of carbonyl (C=O) groups is 1. The number of fused-ring (bicyclic) bond motifs is 1. The topological polar surface area (TPSA) is 54.3 Å². The third-order valence-corrected chi connectivity index (χ3v) is 4.91. The molecule has 0 saturated carbocycles. The first-order valence-electron chi connectivity index (χ1n) is 9.09. The lowest BCUT2D eigenvalue weighted by atomic mass is 10.2. The van der Waals surface area contributed by atoms with Crippen molar-refractivity contribution in [3.05, 3.63) is 54.1 Å². The zero-order chi connectivity index (χ0) is 17.9. The smallest absolute Gasteiger partial charge is 0.246 e. The maximum atomic E-state index is 12.7. The highest BCUT2D eigenvalue weighted by Gasteiger charge is 2.21. The highest BCUT2D eigenvalue weighted by atomic mass is 16.2. The molecule has 3 aromatic rings. The molecule has 4 rings (SSSR count). The second-order valence-electron chi connectivity index (χ2n) is 6.73. The van der Waals surface area contributed by atoms with Gasteiger partial charge in [0, 0.05) is 31.9 Å². The second-order valence-corrected chi connectivity index (χ2v) is 6.73. The minimum Gasteiger partial charge on any atom is -0.369 e. The van der Waals surface area contributed by atoms with Crippen LogP contribution in [0.4, 0.5) is 5.69 Å². The number of rotatable bonds is 3. The molecule has 134 valence electrons. The van der Waals surface area contributed by atoms with Gasteiger partial charge in [-0.2, -0.15) is 15.0 Å². The number of aromatic nitrogens is 3. The van der Waals surface area contributed by atoms with Gasteiger partial charge in [0.05, 0.1) is 0 Å². The van der Waals surface area contributed by atoms with Crippen molar-refractivity contribution in [3.8, 4) is 0 Å². The highest BCUT2D eigenvalue weighted by Crippen LogP contribution is 2.21. The molecule has 0 unspecified atom stereocenters. The molecular formula is C20H23N5O. The number of carbonyl (C=O) groups excluding carboxylic acids is 1. The summed E-state index contributed by atoms with van der Waals surface area (Å²) in [7, 11) is 0. The average Bonchev–Trinajstić information content (AvgIpc) is 2.89. The first kappa shape index (κ1) is 16.6. The lowest BCUT2D eigenvalue weighted by molar-refractivity contribution is -0.132. The van der Waals surface area contributed by atoms with Crippen LogP contribution < -0.4 is 4.90 Å². The average molecular weight is 349 g/mol. The molecule has 0 bridgehead atoms. The molecule has 1 fully saturated rings. The van der Waals surface area contributed by atoms with E-state index in [-0.39, 0.29) is 12.5 Å². The first-order chi connectivity index (χ1) is 12.7. The molecule has 0 spiro atoms. The summed E-state index contributed by atoms with van der Waals surface area (Å²) in [6.07, 6.45) is 0.967. The predicted octanol–water partition coefficient (Wildman–Crippen LogP) is 2.48. The van der Waals surface area contributed by atoms with E-state index in [2.05, 4.69) is 46.3 Å². The maximum absolute atomic E-state index is 12.7. The monoisotopic (exact) mass is 349 g/mol. The van der Waals surface area contributed by atoms with Crippen molar-refractivity contribution in [3.63, 3.8) is 0 Å². The Hall–Kier alpha value is -2.89. The molecule has 1 aliphatic rings. The van der Waals surface area contributed by atoms with Crippen LogP contribution in [0.3, 0.4) is 0 Å². The van der Waals surface area contributed by atoms with Crippen LogP contribution in [0.25, 0.3) is 11.0 Å². The molecule has 2 aromatic carbocycles. The van der Waals surface area contributed by atoms with Gasteiger partial charge in [-0.1, -0.05) is 30.3 Å². The van der Waals surface area contributed by atoms with E-state index < -0.39 is 0 Å². The van der Waals surface area contributed by atoms with Gasteiger partial charge in [0.2, 0.25) is 5.91 Å². The summed E-state index contributed by atoms with van der Waals surface area (Å²) in [6.45, 7) is 5.66. The van der Waals surface area contributed by atoms with Crippen molar-refractivity contribution < 1.29 is 4.79 Å². The largest absolute Gasteiger partial charge is 0.369 e. The van der Waals surface area contributed by atoms with Gasteiger partial charge in [-0.05, 0) is 37.1 Å². The molecule has 26 heavy (non-hydrogen) atoms. The van der Waals surface area contributed by atoms with Crippen LogP contribution in [-0.4, -0.2) is 52.0 Å². The van der Waals surface area contributed by atoms with E-state index in [9.17, 15) is 4.79 Å². The molecule has 0 aliphatic carbocycles. The summed E-state index contributed by atoms with van der Waals surface area (Å²) < 4.78 is 0. The molecule has 1 amide bonds. The third kappa shape index (κ3) is 3.40. The van der Waals surface area contributed by atoms with Crippen molar-refractivity contribution in [2.24, 2.45) is 0 Å². The Morgan fingerprint density at radius 2 is 1.62 bits per heavy atom. The third-order valence-electron chi connectivity index (χ3n) is 4.91. The molecule has 0 N–H and O–H groups in total. The summed E-state index contributed by atoms with van der Waals surface area (Å²) >= 11 is 0. The summed E-state index contributed by atoms with van der Waals surface area (Å²) in [5, 5.41) is 8.79. The van der Waals surface area contributed by atoms with E-state index in [1.807, 2.05) is 29.2 Å². The number of amides is 1. The van der Waals surface area contributed by atoms with Gasteiger partial charge < -0.3 is 9.80 Å². The van der Waals surface area contributed by atoms with Gasteiger partial charge in [-0.3, -0.25) is 4.79 Å². The molecule has 0 atom stereocenters. The Kier molecular flexibility index (Phi) is 4.56. The minimum absolute atomic E-state index is 0.0805. The Balaban J connectivity index is 1.42. The predicted molar refractivity (Wildman–Crippen MR) is 102 cm³/mol. The number of anilines is 1. The normalized spacial score (nSPS) is 15.3. The molecule has 1 aromatic heterocycles. The Morgan fingerprint density at radius 3 is 2.35 bits per heavy atom. The summed E-state index contributed by atoms with van der Waals surface area (Å²) in [5.41, 5.74) is 4.19. The van der Waals surface area contributed by atoms with E-state index in [1.54, 1.807) is 0 Å². The van der Waals surface area contributed by atoms with Crippen molar-refractivity contribution in [2.45, 2.75) is 19.9 Å². The molecular weight excluding hydrogens is 326 g/mol. The maximum Gasteiger partial charge on any atom is 0.246 e. The fourth-order valence-electron chi connectivity index (χ4n) is 3.52. The van der Waals surface area contributed by atoms with E-state index in [0.29, 0.717) is 0 Å². The quantitative estimate of drug-likeness (QED) is 0.729. The van der Waals surface area contributed by atoms with Crippen LogP contribution in [0, 0.1) is 6.92 Å². The minimum atomic E-state index is 0.0805. The SMILES string of the molecule is Cc1ccccc1N1CCCN(C(=O)Cn2nc3ccccc3n2)CC1. The van der Waals surface area contributed by atoms with Gasteiger partial charge in [-0.15, -0.1) is 0 Å². The molecule has 2 heterocycles. The Labute approximate surface area is 153 Å². The fraction of sp³-hybridized carbons (Fsp3) is 0.350. The zero-order valence-electron chi connectivity index (χ0n) is 15.0. The van der Waals surface area contributed by atoms with Crippen molar-refractivity contribution in [1.82, 2.24) is 19.9 Å². The van der Waals surface area contributed by atoms with Crippen LogP contribution in [0.1, 0.15) is 12.0 Å². The van der Waals surface area contributed by atoms with Crippen molar-refractivity contribution >= 4 is 22.6 Å². The van der Waals surface area contributed by atoms with Crippen LogP contribution in [0.2, 0.25) is 0 Å². The summed E-state index contributed by atoms with van der Waals surface area (Å²) in [4.78, 5) is 18.5. The number of hydrogen-bond acceptors (Lipinski definition) is 4. The molecule has 0 radical (unpaired) electrons. The van der Waals surface area contributed by atoms with Gasteiger partial charge in [0.1, 0.15) is 17.6 Å². The van der Waals surface area contributed by atoms with Gasteiger partial charge in [0.25, 0.3) is 0 Å². The molecule has 1 saturated heterocycles. The van der Waals surface area contributed by atoms with E-state index >= 15 is 0 Å². The van der Waals surface area contributed by atoms with E-state index in [1.165, 1.54) is 16.0 Å². The molecule has 1 aliphatic heterocycles.